The van der Waals surface area contributed by atoms with Crippen molar-refractivity contribution in [1.82, 2.24) is 10.6 Å². The summed E-state index contributed by atoms with van der Waals surface area (Å²) in [5.41, 5.74) is 0.0997. The van der Waals surface area contributed by atoms with Crippen LogP contribution < -0.4 is 10.6 Å². The normalized spacial score (nSPS) is 13.9. The van der Waals surface area contributed by atoms with Gasteiger partial charge in [-0.3, -0.25) is 4.79 Å². The predicted octanol–water partition coefficient (Wildman–Crippen LogP) is 3.03. The van der Waals surface area contributed by atoms with Crippen molar-refractivity contribution < 1.29 is 18.0 Å². The van der Waals surface area contributed by atoms with Crippen molar-refractivity contribution in [3.8, 4) is 0 Å². The fourth-order valence-electron chi connectivity index (χ4n) is 2.02. The van der Waals surface area contributed by atoms with E-state index in [0.29, 0.717) is 13.0 Å². The van der Waals surface area contributed by atoms with Gasteiger partial charge in [0.1, 0.15) is 0 Å². The summed E-state index contributed by atoms with van der Waals surface area (Å²) in [4.78, 5) is 11.8. The second-order valence-electron chi connectivity index (χ2n) is 5.27. The van der Waals surface area contributed by atoms with Crippen LogP contribution in [0.3, 0.4) is 0 Å². The SMILES string of the molecule is CNCC(C)C(=O)NC(C)Cc1ccc(C(F)(F)F)cc1.Cl. The van der Waals surface area contributed by atoms with Crippen LogP contribution in [-0.2, 0) is 17.4 Å². The van der Waals surface area contributed by atoms with Crippen molar-refractivity contribution in [2.24, 2.45) is 5.92 Å². The molecule has 2 N–H and O–H groups in total. The van der Waals surface area contributed by atoms with E-state index in [1.807, 2.05) is 13.8 Å². The second kappa shape index (κ2) is 9.00. The molecule has 126 valence electrons. The van der Waals surface area contributed by atoms with Gasteiger partial charge in [-0.1, -0.05) is 19.1 Å². The van der Waals surface area contributed by atoms with Gasteiger partial charge in [0.15, 0.2) is 0 Å². The molecule has 0 saturated carbocycles. The van der Waals surface area contributed by atoms with Gasteiger partial charge in [-0.25, -0.2) is 0 Å². The monoisotopic (exact) mass is 338 g/mol. The van der Waals surface area contributed by atoms with Crippen LogP contribution >= 0.6 is 12.4 Å². The maximum Gasteiger partial charge on any atom is 0.416 e. The van der Waals surface area contributed by atoms with Crippen LogP contribution in [0, 0.1) is 5.92 Å². The molecule has 1 aromatic rings. The molecule has 2 unspecified atom stereocenters. The third-order valence-corrected chi connectivity index (χ3v) is 3.17. The number of amides is 1. The summed E-state index contributed by atoms with van der Waals surface area (Å²) in [7, 11) is 1.77. The van der Waals surface area contributed by atoms with Crippen molar-refractivity contribution in [3.05, 3.63) is 35.4 Å². The van der Waals surface area contributed by atoms with E-state index in [4.69, 9.17) is 0 Å². The molecule has 1 amide bonds. The van der Waals surface area contributed by atoms with Gasteiger partial charge in [-0.15, -0.1) is 12.4 Å². The van der Waals surface area contributed by atoms with Gasteiger partial charge < -0.3 is 10.6 Å². The van der Waals surface area contributed by atoms with Crippen molar-refractivity contribution in [2.75, 3.05) is 13.6 Å². The van der Waals surface area contributed by atoms with E-state index in [0.717, 1.165) is 17.7 Å². The lowest BCUT2D eigenvalue weighted by Gasteiger charge is -2.18. The molecule has 1 aromatic carbocycles. The first-order chi connectivity index (χ1) is 9.74. The number of halogens is 4. The molecule has 0 bridgehead atoms. The third kappa shape index (κ3) is 6.66. The highest BCUT2D eigenvalue weighted by Crippen LogP contribution is 2.29. The van der Waals surface area contributed by atoms with Crippen LogP contribution in [-0.4, -0.2) is 25.5 Å². The van der Waals surface area contributed by atoms with Crippen LogP contribution in [0.15, 0.2) is 24.3 Å². The topological polar surface area (TPSA) is 41.1 Å². The first-order valence-corrected chi connectivity index (χ1v) is 6.85. The zero-order chi connectivity index (χ0) is 16.0. The molecule has 0 aromatic heterocycles. The van der Waals surface area contributed by atoms with Crippen molar-refractivity contribution in [3.63, 3.8) is 0 Å². The second-order valence-corrected chi connectivity index (χ2v) is 5.27. The molecule has 3 nitrogen and oxygen atoms in total. The highest BCUT2D eigenvalue weighted by Gasteiger charge is 2.29. The molecule has 0 aliphatic carbocycles. The molecule has 0 heterocycles. The quantitative estimate of drug-likeness (QED) is 0.837. The largest absolute Gasteiger partial charge is 0.416 e. The maximum atomic E-state index is 12.5. The average molecular weight is 339 g/mol. The van der Waals surface area contributed by atoms with Crippen molar-refractivity contribution >= 4 is 18.3 Å². The lowest BCUT2D eigenvalue weighted by Crippen LogP contribution is -2.40. The molecule has 0 spiro atoms. The average Bonchev–Trinajstić information content (AvgIpc) is 2.38. The number of benzene rings is 1. The highest BCUT2D eigenvalue weighted by atomic mass is 35.5. The van der Waals surface area contributed by atoms with E-state index < -0.39 is 11.7 Å². The van der Waals surface area contributed by atoms with E-state index >= 15 is 0 Å². The Kier molecular flexibility index (Phi) is 8.48. The van der Waals surface area contributed by atoms with E-state index in [1.165, 1.54) is 12.1 Å². The van der Waals surface area contributed by atoms with Gasteiger partial charge in [0.25, 0.3) is 0 Å². The lowest BCUT2D eigenvalue weighted by molar-refractivity contribution is -0.137. The van der Waals surface area contributed by atoms with Gasteiger partial charge in [0.05, 0.1) is 5.56 Å². The molecule has 0 aliphatic heterocycles. The summed E-state index contributed by atoms with van der Waals surface area (Å²) < 4.78 is 37.4. The lowest BCUT2D eigenvalue weighted by atomic mass is 10.0. The van der Waals surface area contributed by atoms with E-state index in [9.17, 15) is 18.0 Å². The Labute approximate surface area is 135 Å². The van der Waals surface area contributed by atoms with Crippen LogP contribution in [0.5, 0.6) is 0 Å². The van der Waals surface area contributed by atoms with Crippen molar-refractivity contribution in [2.45, 2.75) is 32.5 Å². The molecule has 1 rings (SSSR count). The maximum absolute atomic E-state index is 12.5. The standard InChI is InChI=1S/C15H21F3N2O.ClH/c1-10(9-19-3)14(21)20-11(2)8-12-4-6-13(7-5-12)15(16,17)18;/h4-7,10-11,19H,8-9H2,1-3H3,(H,20,21);1H. The van der Waals surface area contributed by atoms with Crippen molar-refractivity contribution in [1.29, 1.82) is 0 Å². The Hall–Kier alpha value is -1.27. The van der Waals surface area contributed by atoms with Crippen LogP contribution in [0.25, 0.3) is 0 Å². The fourth-order valence-corrected chi connectivity index (χ4v) is 2.02. The Morgan fingerprint density at radius 1 is 1.18 bits per heavy atom. The van der Waals surface area contributed by atoms with Gasteiger partial charge >= 0.3 is 6.18 Å². The van der Waals surface area contributed by atoms with E-state index in [1.54, 1.807) is 7.05 Å². The number of hydrogen-bond donors (Lipinski definition) is 2. The number of carbonyl (C=O) groups excluding carboxylic acids is 1. The number of nitrogens with one attached hydrogen (secondary N) is 2. The fraction of sp³-hybridized carbons (Fsp3) is 0.533. The Morgan fingerprint density at radius 3 is 2.18 bits per heavy atom. The minimum atomic E-state index is -4.32. The van der Waals surface area contributed by atoms with Crippen LogP contribution in [0.1, 0.15) is 25.0 Å². The zero-order valence-corrected chi connectivity index (χ0v) is 13.6. The first-order valence-electron chi connectivity index (χ1n) is 6.85. The Balaban J connectivity index is 0.00000441. The molecular formula is C15H22ClF3N2O. The first kappa shape index (κ1) is 20.7. The molecule has 7 heteroatoms. The molecule has 0 fully saturated rings. The molecule has 0 radical (unpaired) electrons. The van der Waals surface area contributed by atoms with Gasteiger partial charge in [-0.2, -0.15) is 13.2 Å². The molecule has 2 atom stereocenters. The summed E-state index contributed by atoms with van der Waals surface area (Å²) in [5, 5.41) is 5.78. The smallest absolute Gasteiger partial charge is 0.353 e. The van der Waals surface area contributed by atoms with Gasteiger partial charge in [-0.05, 0) is 38.1 Å². The number of alkyl halides is 3. The van der Waals surface area contributed by atoms with Crippen LogP contribution in [0.4, 0.5) is 13.2 Å². The molecule has 22 heavy (non-hydrogen) atoms. The van der Waals surface area contributed by atoms with Gasteiger partial charge in [0.2, 0.25) is 5.91 Å². The summed E-state index contributed by atoms with van der Waals surface area (Å²) >= 11 is 0. The van der Waals surface area contributed by atoms with E-state index in [2.05, 4.69) is 10.6 Å². The summed E-state index contributed by atoms with van der Waals surface area (Å²) in [5.74, 6) is -0.214. The number of carbonyl (C=O) groups is 1. The molecular weight excluding hydrogens is 317 g/mol. The predicted molar refractivity (Wildman–Crippen MR) is 83.1 cm³/mol. The number of rotatable bonds is 6. The molecule has 0 saturated heterocycles. The van der Waals surface area contributed by atoms with E-state index in [-0.39, 0.29) is 30.3 Å². The Bertz CT molecular complexity index is 463. The minimum absolute atomic E-state index is 0. The number of hydrogen-bond acceptors (Lipinski definition) is 2. The zero-order valence-electron chi connectivity index (χ0n) is 12.8. The highest BCUT2D eigenvalue weighted by molar-refractivity contribution is 5.85. The summed E-state index contributed by atoms with van der Waals surface area (Å²) in [6.07, 6.45) is -3.82. The summed E-state index contributed by atoms with van der Waals surface area (Å²) in [6, 6.07) is 4.89. The Morgan fingerprint density at radius 2 is 1.73 bits per heavy atom. The van der Waals surface area contributed by atoms with Gasteiger partial charge in [0, 0.05) is 18.5 Å². The third-order valence-electron chi connectivity index (χ3n) is 3.17. The summed E-state index contributed by atoms with van der Waals surface area (Å²) in [6.45, 7) is 4.23. The van der Waals surface area contributed by atoms with Crippen LogP contribution in [0.2, 0.25) is 0 Å². The molecule has 0 aliphatic rings. The minimum Gasteiger partial charge on any atom is -0.353 e.